The summed E-state index contributed by atoms with van der Waals surface area (Å²) in [4.78, 5) is 30.6. The summed E-state index contributed by atoms with van der Waals surface area (Å²) in [6.45, 7) is 7.73. The molecule has 6 nitrogen and oxygen atoms in total. The molecule has 1 unspecified atom stereocenters. The Kier molecular flexibility index (Phi) is 5.23. The van der Waals surface area contributed by atoms with Gasteiger partial charge in [-0.15, -0.1) is 0 Å². The lowest BCUT2D eigenvalue weighted by atomic mass is 10.1. The smallest absolute Gasteiger partial charge is 0.408 e. The number of pyridine rings is 1. The van der Waals surface area contributed by atoms with Gasteiger partial charge in [0, 0.05) is 12.7 Å². The monoisotopic (exact) mass is 319 g/mol. The van der Waals surface area contributed by atoms with E-state index in [-0.39, 0.29) is 11.9 Å². The van der Waals surface area contributed by atoms with Gasteiger partial charge in [-0.3, -0.25) is 9.78 Å². The van der Waals surface area contributed by atoms with Gasteiger partial charge in [0.15, 0.2) is 0 Å². The summed E-state index contributed by atoms with van der Waals surface area (Å²) in [6.07, 6.45) is 2.99. The third kappa shape index (κ3) is 4.68. The zero-order chi connectivity index (χ0) is 17.0. The zero-order valence-electron chi connectivity index (χ0n) is 14.2. The number of alkyl carbamates (subject to hydrolysis) is 1. The molecule has 0 spiro atoms. The maximum atomic E-state index is 12.7. The number of hydrogen-bond acceptors (Lipinski definition) is 4. The summed E-state index contributed by atoms with van der Waals surface area (Å²) in [6, 6.07) is 5.06. The first-order valence-corrected chi connectivity index (χ1v) is 7.99. The molecule has 2 heterocycles. The minimum Gasteiger partial charge on any atom is -0.444 e. The Balaban J connectivity index is 2.00. The maximum Gasteiger partial charge on any atom is 0.408 e. The molecule has 1 aliphatic heterocycles. The van der Waals surface area contributed by atoms with E-state index in [1.165, 1.54) is 0 Å². The number of ether oxygens (including phenoxy) is 1. The van der Waals surface area contributed by atoms with Gasteiger partial charge < -0.3 is 15.0 Å². The van der Waals surface area contributed by atoms with Gasteiger partial charge in [-0.1, -0.05) is 6.07 Å². The molecule has 0 aliphatic carbocycles. The van der Waals surface area contributed by atoms with Crippen molar-refractivity contribution >= 4 is 12.0 Å². The lowest BCUT2D eigenvalue weighted by molar-refractivity contribution is -0.134. The van der Waals surface area contributed by atoms with Crippen LogP contribution in [0, 0.1) is 0 Å². The van der Waals surface area contributed by atoms with Crippen LogP contribution in [0.3, 0.4) is 0 Å². The average Bonchev–Trinajstić information content (AvgIpc) is 2.94. The molecular weight excluding hydrogens is 294 g/mol. The van der Waals surface area contributed by atoms with E-state index in [9.17, 15) is 9.59 Å². The SMILES string of the molecule is C[C@@H](NC(=O)OC(C)(C)C)C(=O)N1CCCC1c1ccccn1. The van der Waals surface area contributed by atoms with Crippen LogP contribution in [0.5, 0.6) is 0 Å². The molecular formula is C17H25N3O3. The Morgan fingerprint density at radius 2 is 2.13 bits per heavy atom. The molecule has 1 N–H and O–H groups in total. The fraction of sp³-hybridized carbons (Fsp3) is 0.588. The first kappa shape index (κ1) is 17.2. The number of carbonyl (C=O) groups is 2. The van der Waals surface area contributed by atoms with Crippen molar-refractivity contribution in [2.45, 2.75) is 58.2 Å². The Labute approximate surface area is 137 Å². The van der Waals surface area contributed by atoms with Crippen LogP contribution in [0.4, 0.5) is 4.79 Å². The Hall–Kier alpha value is -2.11. The molecule has 23 heavy (non-hydrogen) atoms. The molecule has 1 saturated heterocycles. The lowest BCUT2D eigenvalue weighted by Gasteiger charge is -2.28. The topological polar surface area (TPSA) is 71.5 Å². The molecule has 6 heteroatoms. The predicted molar refractivity (Wildman–Crippen MR) is 86.8 cm³/mol. The predicted octanol–water partition coefficient (Wildman–Crippen LogP) is 2.66. The second-order valence-electron chi connectivity index (χ2n) is 6.81. The average molecular weight is 319 g/mol. The van der Waals surface area contributed by atoms with Crippen molar-refractivity contribution in [3.8, 4) is 0 Å². The zero-order valence-corrected chi connectivity index (χ0v) is 14.2. The van der Waals surface area contributed by atoms with Crippen LogP contribution >= 0.6 is 0 Å². The molecule has 0 bridgehead atoms. The minimum absolute atomic E-state index is 0.0217. The minimum atomic E-state index is -0.630. The molecule has 0 saturated carbocycles. The number of nitrogens with one attached hydrogen (secondary N) is 1. The number of likely N-dealkylation sites (tertiary alicyclic amines) is 1. The number of rotatable bonds is 3. The first-order valence-electron chi connectivity index (χ1n) is 7.99. The summed E-state index contributed by atoms with van der Waals surface area (Å²) < 4.78 is 5.20. The Morgan fingerprint density at radius 3 is 2.74 bits per heavy atom. The highest BCUT2D eigenvalue weighted by molar-refractivity contribution is 5.85. The normalized spacial score (nSPS) is 19.3. The van der Waals surface area contributed by atoms with E-state index in [0.717, 1.165) is 18.5 Å². The van der Waals surface area contributed by atoms with E-state index in [4.69, 9.17) is 4.74 Å². The summed E-state index contributed by atoms with van der Waals surface area (Å²) in [5.41, 5.74) is 0.305. The number of aromatic nitrogens is 1. The van der Waals surface area contributed by atoms with E-state index < -0.39 is 17.7 Å². The molecule has 1 aromatic rings. The van der Waals surface area contributed by atoms with Gasteiger partial charge in [0.05, 0.1) is 11.7 Å². The first-order chi connectivity index (χ1) is 10.8. The van der Waals surface area contributed by atoms with E-state index in [2.05, 4.69) is 10.3 Å². The van der Waals surface area contributed by atoms with Crippen LogP contribution in [0.1, 0.15) is 52.3 Å². The van der Waals surface area contributed by atoms with Crippen LogP contribution in [-0.4, -0.2) is 40.1 Å². The highest BCUT2D eigenvalue weighted by atomic mass is 16.6. The summed E-state index contributed by atoms with van der Waals surface area (Å²) in [5, 5.41) is 2.61. The molecule has 0 radical (unpaired) electrons. The third-order valence-electron chi connectivity index (χ3n) is 3.67. The van der Waals surface area contributed by atoms with Crippen molar-refractivity contribution in [3.05, 3.63) is 30.1 Å². The standard InChI is InChI=1S/C17H25N3O3/c1-12(19-16(22)23-17(2,3)4)15(21)20-11-7-9-14(20)13-8-5-6-10-18-13/h5-6,8,10,12,14H,7,9,11H2,1-4H3,(H,19,22)/t12-,14?/m1/s1. The number of amides is 2. The fourth-order valence-electron chi connectivity index (χ4n) is 2.71. The van der Waals surface area contributed by atoms with Crippen molar-refractivity contribution in [2.75, 3.05) is 6.54 Å². The van der Waals surface area contributed by atoms with Crippen LogP contribution in [0.15, 0.2) is 24.4 Å². The molecule has 0 aromatic carbocycles. The molecule has 2 amide bonds. The quantitative estimate of drug-likeness (QED) is 0.929. The fourth-order valence-corrected chi connectivity index (χ4v) is 2.71. The van der Waals surface area contributed by atoms with Gasteiger partial charge in [-0.2, -0.15) is 0 Å². The number of hydrogen-bond donors (Lipinski definition) is 1. The molecule has 1 aromatic heterocycles. The van der Waals surface area contributed by atoms with Crippen LogP contribution in [-0.2, 0) is 9.53 Å². The second kappa shape index (κ2) is 6.98. The molecule has 1 aliphatic rings. The Bertz CT molecular complexity index is 554. The van der Waals surface area contributed by atoms with Crippen molar-refractivity contribution < 1.29 is 14.3 Å². The molecule has 1 fully saturated rings. The van der Waals surface area contributed by atoms with E-state index in [1.807, 2.05) is 18.2 Å². The molecule has 126 valence electrons. The molecule has 2 rings (SSSR count). The van der Waals surface area contributed by atoms with Crippen molar-refractivity contribution in [1.82, 2.24) is 15.2 Å². The van der Waals surface area contributed by atoms with Gasteiger partial charge in [0.2, 0.25) is 5.91 Å². The highest BCUT2D eigenvalue weighted by Gasteiger charge is 2.34. The maximum absolute atomic E-state index is 12.7. The summed E-state index contributed by atoms with van der Waals surface area (Å²) in [7, 11) is 0. The Morgan fingerprint density at radius 1 is 1.39 bits per heavy atom. The van der Waals surface area contributed by atoms with Gasteiger partial charge in [0.1, 0.15) is 11.6 Å². The summed E-state index contributed by atoms with van der Waals surface area (Å²) >= 11 is 0. The number of carbonyl (C=O) groups excluding carboxylic acids is 2. The van der Waals surface area contributed by atoms with Gasteiger partial charge >= 0.3 is 6.09 Å². The van der Waals surface area contributed by atoms with Crippen LogP contribution < -0.4 is 5.32 Å². The van der Waals surface area contributed by atoms with Crippen molar-refractivity contribution in [2.24, 2.45) is 0 Å². The van der Waals surface area contributed by atoms with Gasteiger partial charge in [-0.05, 0) is 52.7 Å². The van der Waals surface area contributed by atoms with Crippen molar-refractivity contribution in [3.63, 3.8) is 0 Å². The lowest BCUT2D eigenvalue weighted by Crippen LogP contribution is -2.48. The van der Waals surface area contributed by atoms with Crippen molar-refractivity contribution in [1.29, 1.82) is 0 Å². The third-order valence-corrected chi connectivity index (χ3v) is 3.67. The van der Waals surface area contributed by atoms with E-state index >= 15 is 0 Å². The van der Waals surface area contributed by atoms with Crippen LogP contribution in [0.2, 0.25) is 0 Å². The number of nitrogens with zero attached hydrogens (tertiary/aromatic N) is 2. The van der Waals surface area contributed by atoms with E-state index in [0.29, 0.717) is 6.54 Å². The largest absolute Gasteiger partial charge is 0.444 e. The van der Waals surface area contributed by atoms with Gasteiger partial charge in [0.25, 0.3) is 0 Å². The van der Waals surface area contributed by atoms with Gasteiger partial charge in [-0.25, -0.2) is 4.79 Å². The summed E-state index contributed by atoms with van der Waals surface area (Å²) in [5.74, 6) is -0.107. The second-order valence-corrected chi connectivity index (χ2v) is 6.81. The van der Waals surface area contributed by atoms with E-state index in [1.54, 1.807) is 38.8 Å². The molecule has 2 atom stereocenters. The highest BCUT2D eigenvalue weighted by Crippen LogP contribution is 2.31. The van der Waals surface area contributed by atoms with Crippen LogP contribution in [0.25, 0.3) is 0 Å².